The molecule has 0 spiro atoms. The van der Waals surface area contributed by atoms with Crippen LogP contribution in [0, 0.1) is 0 Å². The summed E-state index contributed by atoms with van der Waals surface area (Å²) in [4.78, 5) is 35.2. The van der Waals surface area contributed by atoms with Gasteiger partial charge < -0.3 is 15.4 Å². The number of unbranched alkanes of at least 4 members (excludes halogenated alkanes) is 1. The van der Waals surface area contributed by atoms with E-state index >= 15 is 0 Å². The number of anilines is 1. The molecule has 8 nitrogen and oxygen atoms in total. The standard InChI is InChI=1S/C21H23BrN4O4/c1-2-3-11-23-20(28)21(29)26-24-13-15-5-4-6-18(12-15)30-14-19(27)25-17-9-7-16(22)8-10-17/h4-10,12-13H,2-3,11,14H2,1H3,(H,23,28)(H,25,27)(H,26,29)/b24-13-. The van der Waals surface area contributed by atoms with Crippen LogP contribution in [0.5, 0.6) is 5.75 Å². The molecule has 0 aromatic heterocycles. The summed E-state index contributed by atoms with van der Waals surface area (Å²) < 4.78 is 6.41. The molecular weight excluding hydrogens is 452 g/mol. The van der Waals surface area contributed by atoms with Crippen LogP contribution in [-0.2, 0) is 14.4 Å². The predicted octanol–water partition coefficient (Wildman–Crippen LogP) is 2.83. The number of ether oxygens (including phenoxy) is 1. The third kappa shape index (κ3) is 8.44. The summed E-state index contributed by atoms with van der Waals surface area (Å²) in [6.45, 7) is 2.27. The number of nitrogens with zero attached hydrogens (tertiary/aromatic N) is 1. The SMILES string of the molecule is CCCCNC(=O)C(=O)N/N=C\c1cccc(OCC(=O)Nc2ccc(Br)cc2)c1. The van der Waals surface area contributed by atoms with Gasteiger partial charge in [0.25, 0.3) is 5.91 Å². The molecule has 0 bridgehead atoms. The Bertz CT molecular complexity index is 900. The lowest BCUT2D eigenvalue weighted by molar-refractivity contribution is -0.139. The predicted molar refractivity (Wildman–Crippen MR) is 118 cm³/mol. The first-order valence-electron chi connectivity index (χ1n) is 9.37. The van der Waals surface area contributed by atoms with Crippen molar-refractivity contribution in [2.24, 2.45) is 5.10 Å². The van der Waals surface area contributed by atoms with E-state index < -0.39 is 11.8 Å². The van der Waals surface area contributed by atoms with Crippen LogP contribution in [0.4, 0.5) is 5.69 Å². The van der Waals surface area contributed by atoms with Gasteiger partial charge >= 0.3 is 11.8 Å². The maximum absolute atomic E-state index is 12.0. The zero-order valence-corrected chi connectivity index (χ0v) is 18.1. The van der Waals surface area contributed by atoms with Crippen molar-refractivity contribution in [2.75, 3.05) is 18.5 Å². The number of amides is 3. The molecule has 2 rings (SSSR count). The normalized spacial score (nSPS) is 10.5. The second kappa shape index (κ2) is 12.4. The first kappa shape index (κ1) is 23.1. The molecule has 9 heteroatoms. The van der Waals surface area contributed by atoms with Gasteiger partial charge in [-0.3, -0.25) is 14.4 Å². The number of hydrogen-bond donors (Lipinski definition) is 3. The van der Waals surface area contributed by atoms with Crippen LogP contribution < -0.4 is 20.8 Å². The van der Waals surface area contributed by atoms with Gasteiger partial charge in [-0.05, 0) is 48.4 Å². The van der Waals surface area contributed by atoms with E-state index in [4.69, 9.17) is 4.74 Å². The van der Waals surface area contributed by atoms with Crippen molar-refractivity contribution >= 4 is 45.6 Å². The largest absolute Gasteiger partial charge is 0.484 e. The second-order valence-electron chi connectivity index (χ2n) is 6.22. The van der Waals surface area contributed by atoms with E-state index in [1.165, 1.54) is 6.21 Å². The Morgan fingerprint density at radius 1 is 1.10 bits per heavy atom. The Balaban J connectivity index is 1.80. The number of benzene rings is 2. The first-order chi connectivity index (χ1) is 14.5. The lowest BCUT2D eigenvalue weighted by Gasteiger charge is -2.08. The van der Waals surface area contributed by atoms with Crippen LogP contribution in [0.3, 0.4) is 0 Å². The maximum Gasteiger partial charge on any atom is 0.329 e. The molecule has 0 heterocycles. The molecule has 0 aliphatic carbocycles. The summed E-state index contributed by atoms with van der Waals surface area (Å²) in [5, 5.41) is 9.00. The highest BCUT2D eigenvalue weighted by Crippen LogP contribution is 2.15. The zero-order valence-electron chi connectivity index (χ0n) is 16.5. The van der Waals surface area contributed by atoms with Crippen LogP contribution in [-0.4, -0.2) is 37.1 Å². The van der Waals surface area contributed by atoms with Crippen molar-refractivity contribution in [1.82, 2.24) is 10.7 Å². The second-order valence-corrected chi connectivity index (χ2v) is 7.14. The molecule has 3 amide bonds. The molecule has 0 atom stereocenters. The summed E-state index contributed by atoms with van der Waals surface area (Å²) in [5.41, 5.74) is 3.47. The molecule has 0 aliphatic rings. The minimum Gasteiger partial charge on any atom is -0.484 e. The van der Waals surface area contributed by atoms with E-state index in [1.807, 2.05) is 19.1 Å². The van der Waals surface area contributed by atoms with E-state index in [2.05, 4.69) is 37.1 Å². The third-order valence-corrected chi connectivity index (χ3v) is 4.29. The van der Waals surface area contributed by atoms with Crippen LogP contribution in [0.2, 0.25) is 0 Å². The fourth-order valence-electron chi connectivity index (χ4n) is 2.24. The van der Waals surface area contributed by atoms with E-state index in [0.717, 1.165) is 17.3 Å². The van der Waals surface area contributed by atoms with E-state index in [0.29, 0.717) is 23.5 Å². The van der Waals surface area contributed by atoms with Crippen molar-refractivity contribution in [2.45, 2.75) is 19.8 Å². The third-order valence-electron chi connectivity index (χ3n) is 3.76. The molecule has 0 unspecified atom stereocenters. The summed E-state index contributed by atoms with van der Waals surface area (Å²) in [6.07, 6.45) is 3.10. The Kier molecular flexibility index (Phi) is 9.53. The fourth-order valence-corrected chi connectivity index (χ4v) is 2.50. The number of hydrogen-bond acceptors (Lipinski definition) is 5. The highest BCUT2D eigenvalue weighted by Gasteiger charge is 2.11. The first-order valence-corrected chi connectivity index (χ1v) is 10.2. The maximum atomic E-state index is 12.0. The van der Waals surface area contributed by atoms with Crippen LogP contribution in [0.25, 0.3) is 0 Å². The molecule has 0 aliphatic heterocycles. The van der Waals surface area contributed by atoms with Gasteiger partial charge in [-0.25, -0.2) is 5.43 Å². The van der Waals surface area contributed by atoms with Crippen LogP contribution >= 0.6 is 15.9 Å². The van der Waals surface area contributed by atoms with Gasteiger partial charge in [-0.15, -0.1) is 0 Å². The van der Waals surface area contributed by atoms with Crippen molar-refractivity contribution in [3.63, 3.8) is 0 Å². The number of nitrogens with one attached hydrogen (secondary N) is 3. The van der Waals surface area contributed by atoms with Crippen molar-refractivity contribution in [3.8, 4) is 5.75 Å². The van der Waals surface area contributed by atoms with Gasteiger partial charge in [0.05, 0.1) is 6.21 Å². The lowest BCUT2D eigenvalue weighted by Crippen LogP contribution is -2.38. The van der Waals surface area contributed by atoms with Gasteiger partial charge in [0.1, 0.15) is 5.75 Å². The summed E-state index contributed by atoms with van der Waals surface area (Å²) >= 11 is 3.33. The fraction of sp³-hybridized carbons (Fsp3) is 0.238. The van der Waals surface area contributed by atoms with Crippen molar-refractivity contribution in [1.29, 1.82) is 0 Å². The molecule has 30 heavy (non-hydrogen) atoms. The van der Waals surface area contributed by atoms with Crippen molar-refractivity contribution < 1.29 is 19.1 Å². The lowest BCUT2D eigenvalue weighted by atomic mass is 10.2. The molecule has 0 saturated carbocycles. The molecule has 0 fully saturated rings. The molecule has 2 aromatic carbocycles. The number of hydrazone groups is 1. The van der Waals surface area contributed by atoms with E-state index in [9.17, 15) is 14.4 Å². The number of rotatable bonds is 9. The number of carbonyl (C=O) groups excluding carboxylic acids is 3. The molecule has 0 radical (unpaired) electrons. The molecule has 158 valence electrons. The summed E-state index contributed by atoms with van der Waals surface area (Å²) in [5.74, 6) is -1.39. The highest BCUT2D eigenvalue weighted by atomic mass is 79.9. The molecule has 3 N–H and O–H groups in total. The van der Waals surface area contributed by atoms with Crippen molar-refractivity contribution in [3.05, 3.63) is 58.6 Å². The minimum atomic E-state index is -0.834. The molecule has 0 saturated heterocycles. The van der Waals surface area contributed by atoms with Gasteiger partial charge in [-0.2, -0.15) is 5.10 Å². The monoisotopic (exact) mass is 474 g/mol. The Morgan fingerprint density at radius 2 is 1.87 bits per heavy atom. The van der Waals surface area contributed by atoms with Gasteiger partial charge in [-0.1, -0.05) is 41.4 Å². The van der Waals surface area contributed by atoms with Gasteiger partial charge in [0.2, 0.25) is 0 Å². The van der Waals surface area contributed by atoms with Gasteiger partial charge in [0, 0.05) is 16.7 Å². The quantitative estimate of drug-likeness (QED) is 0.224. The van der Waals surface area contributed by atoms with E-state index in [-0.39, 0.29) is 12.5 Å². The average Bonchev–Trinajstić information content (AvgIpc) is 2.74. The van der Waals surface area contributed by atoms with Crippen LogP contribution in [0.1, 0.15) is 25.3 Å². The summed E-state index contributed by atoms with van der Waals surface area (Å²) in [7, 11) is 0. The van der Waals surface area contributed by atoms with Gasteiger partial charge in [0.15, 0.2) is 6.61 Å². The minimum absolute atomic E-state index is 0.161. The van der Waals surface area contributed by atoms with Crippen LogP contribution in [0.15, 0.2) is 58.1 Å². The highest BCUT2D eigenvalue weighted by molar-refractivity contribution is 9.10. The van der Waals surface area contributed by atoms with E-state index in [1.54, 1.807) is 36.4 Å². The molecular formula is C21H23BrN4O4. The summed E-state index contributed by atoms with van der Waals surface area (Å²) in [6, 6.07) is 14.0. The number of carbonyl (C=O) groups is 3. The zero-order chi connectivity index (χ0) is 21.8. The number of halogens is 1. The average molecular weight is 475 g/mol. The topological polar surface area (TPSA) is 109 Å². The molecule has 2 aromatic rings. The Labute approximate surface area is 183 Å². The smallest absolute Gasteiger partial charge is 0.329 e. The Morgan fingerprint density at radius 3 is 2.60 bits per heavy atom. The Hall–Kier alpha value is -3.20.